The van der Waals surface area contributed by atoms with E-state index in [1.165, 1.54) is 10.0 Å². The number of rotatable bonds is 3. The van der Waals surface area contributed by atoms with E-state index in [2.05, 4.69) is 66.1 Å². The van der Waals surface area contributed by atoms with Gasteiger partial charge < -0.3 is 17.3 Å². The molecule has 2 rings (SSSR count). The molecule has 0 unspecified atom stereocenters. The van der Waals surface area contributed by atoms with Crippen LogP contribution in [-0.4, -0.2) is 26.8 Å². The van der Waals surface area contributed by atoms with Crippen molar-refractivity contribution in [2.24, 2.45) is 7.05 Å². The Morgan fingerprint density at radius 1 is 1.15 bits per heavy atom. The van der Waals surface area contributed by atoms with Crippen molar-refractivity contribution < 1.29 is 21.8 Å². The first-order valence-corrected chi connectivity index (χ1v) is 7.88. The van der Waals surface area contributed by atoms with Crippen molar-refractivity contribution in [3.63, 3.8) is 0 Å². The van der Waals surface area contributed by atoms with Gasteiger partial charge in [0.05, 0.1) is 0 Å². The van der Waals surface area contributed by atoms with Crippen LogP contribution in [0.15, 0.2) is 43.0 Å². The second-order valence-electron chi connectivity index (χ2n) is 4.17. The molecule has 0 saturated carbocycles. The van der Waals surface area contributed by atoms with Crippen molar-refractivity contribution in [3.8, 4) is 0 Å². The van der Waals surface area contributed by atoms with Gasteiger partial charge in [-0.05, 0) is 0 Å². The Kier molecular flexibility index (Phi) is 6.29. The number of benzene rings is 1. The third kappa shape index (κ3) is 8.02. The van der Waals surface area contributed by atoms with Crippen LogP contribution in [0.3, 0.4) is 0 Å². The molecule has 20 heavy (non-hydrogen) atoms. The van der Waals surface area contributed by atoms with E-state index in [0.717, 1.165) is 5.44 Å². The molecule has 0 fully saturated rings. The van der Waals surface area contributed by atoms with Crippen LogP contribution in [-0.2, 0) is 12.5 Å². The minimum Gasteiger partial charge on any atom is -0.418 e. The van der Waals surface area contributed by atoms with Gasteiger partial charge in [0.2, 0.25) is 0 Å². The summed E-state index contributed by atoms with van der Waals surface area (Å²) in [4.78, 5) is 0. The number of hydrogen-bond donors (Lipinski definition) is 0. The maximum atomic E-state index is 9.75. The first-order valence-electron chi connectivity index (χ1n) is 5.82. The van der Waals surface area contributed by atoms with E-state index in [4.69, 9.17) is 0 Å². The zero-order chi connectivity index (χ0) is 15.2. The third-order valence-electron chi connectivity index (χ3n) is 2.23. The molecule has 0 atom stereocenters. The standard InChI is InChI=1S/C12H15N2Se.BF4/c1-11-3-5-12(6-4-11)15-10-14-8-7-13(2)9-14;2-1(3,4)5/h3-9H,10H2,1-2H3;/q+1;-1. The Morgan fingerprint density at radius 3 is 2.15 bits per heavy atom. The second-order valence-corrected chi connectivity index (χ2v) is 6.31. The second kappa shape index (κ2) is 7.50. The summed E-state index contributed by atoms with van der Waals surface area (Å²) in [5.41, 5.74) is 2.44. The minimum atomic E-state index is -6.00. The summed E-state index contributed by atoms with van der Waals surface area (Å²) in [6, 6.07) is 8.84. The molecule has 0 N–H and O–H groups in total. The van der Waals surface area contributed by atoms with Crippen molar-refractivity contribution in [1.82, 2.24) is 4.57 Å². The molecule has 0 spiro atoms. The molecule has 0 aliphatic heterocycles. The Morgan fingerprint density at radius 2 is 1.70 bits per heavy atom. The van der Waals surface area contributed by atoms with Gasteiger partial charge in [0.15, 0.2) is 0 Å². The van der Waals surface area contributed by atoms with E-state index in [1.54, 1.807) is 0 Å². The largest absolute Gasteiger partial charge is 0.673 e. The smallest absolute Gasteiger partial charge is 0.418 e. The predicted octanol–water partition coefficient (Wildman–Crippen LogP) is 1.91. The molecular formula is C12H15BF4N2Se. The van der Waals surface area contributed by atoms with Crippen molar-refractivity contribution in [1.29, 1.82) is 0 Å². The normalized spacial score (nSPS) is 10.9. The van der Waals surface area contributed by atoms with E-state index in [-0.39, 0.29) is 0 Å². The molecule has 0 amide bonds. The summed E-state index contributed by atoms with van der Waals surface area (Å²) in [6.45, 7) is 2.13. The van der Waals surface area contributed by atoms with Crippen LogP contribution in [0.1, 0.15) is 5.56 Å². The maximum Gasteiger partial charge on any atom is 0.673 e. The van der Waals surface area contributed by atoms with E-state index in [1.807, 2.05) is 0 Å². The molecule has 0 radical (unpaired) electrons. The number of hydrogen-bond acceptors (Lipinski definition) is 0. The fourth-order valence-electron chi connectivity index (χ4n) is 1.36. The molecule has 110 valence electrons. The van der Waals surface area contributed by atoms with Crippen molar-refractivity contribution in [2.45, 2.75) is 12.4 Å². The van der Waals surface area contributed by atoms with Gasteiger partial charge in [-0.3, -0.25) is 0 Å². The summed E-state index contributed by atoms with van der Waals surface area (Å²) in [5, 5.41) is 0. The fraction of sp³-hybridized carbons (Fsp3) is 0.250. The average molecular weight is 353 g/mol. The molecule has 0 saturated heterocycles. The predicted molar refractivity (Wildman–Crippen MR) is 72.4 cm³/mol. The van der Waals surface area contributed by atoms with Crippen LogP contribution in [0.5, 0.6) is 0 Å². The van der Waals surface area contributed by atoms with Gasteiger partial charge in [0, 0.05) is 0 Å². The zero-order valence-electron chi connectivity index (χ0n) is 11.1. The summed E-state index contributed by atoms with van der Waals surface area (Å²) in [7, 11) is -3.95. The number of halogens is 4. The number of aromatic nitrogens is 2. The van der Waals surface area contributed by atoms with Crippen LogP contribution in [0, 0.1) is 6.92 Å². The topological polar surface area (TPSA) is 8.81 Å². The monoisotopic (exact) mass is 354 g/mol. The van der Waals surface area contributed by atoms with Gasteiger partial charge in [-0.15, -0.1) is 0 Å². The van der Waals surface area contributed by atoms with Crippen LogP contribution < -0.4 is 9.03 Å². The van der Waals surface area contributed by atoms with Crippen LogP contribution in [0.4, 0.5) is 17.3 Å². The van der Waals surface area contributed by atoms with Crippen LogP contribution >= 0.6 is 0 Å². The molecule has 2 aromatic rings. The van der Waals surface area contributed by atoms with E-state index in [9.17, 15) is 17.3 Å². The van der Waals surface area contributed by atoms with Crippen molar-refractivity contribution >= 4 is 26.7 Å². The summed E-state index contributed by atoms with van der Waals surface area (Å²) in [6.07, 6.45) is 6.32. The molecule has 1 heterocycles. The van der Waals surface area contributed by atoms with Crippen LogP contribution in [0.2, 0.25) is 0 Å². The average Bonchev–Trinajstić information content (AvgIpc) is 2.72. The Labute approximate surface area is 121 Å². The summed E-state index contributed by atoms with van der Waals surface area (Å²) >= 11 is 0.527. The quantitative estimate of drug-likeness (QED) is 0.453. The molecule has 1 aromatic carbocycles. The van der Waals surface area contributed by atoms with E-state index < -0.39 is 7.25 Å². The fourth-order valence-corrected chi connectivity index (χ4v) is 3.00. The van der Waals surface area contributed by atoms with Gasteiger partial charge in [-0.25, -0.2) is 0 Å². The SMILES string of the molecule is Cc1ccc([Se]Cn2cc[n+](C)c2)cc1.F[B-](F)(F)F. The summed E-state index contributed by atoms with van der Waals surface area (Å²) < 4.78 is 44.8. The van der Waals surface area contributed by atoms with Gasteiger partial charge in [0.1, 0.15) is 0 Å². The van der Waals surface area contributed by atoms with Crippen molar-refractivity contribution in [3.05, 3.63) is 48.5 Å². The molecule has 8 heteroatoms. The van der Waals surface area contributed by atoms with Gasteiger partial charge in [0.25, 0.3) is 0 Å². The maximum absolute atomic E-state index is 9.75. The number of imidazole rings is 1. The molecule has 2 nitrogen and oxygen atoms in total. The first kappa shape index (κ1) is 16.8. The molecule has 1 aromatic heterocycles. The molecular weight excluding hydrogens is 338 g/mol. The third-order valence-corrected chi connectivity index (χ3v) is 4.39. The minimum absolute atomic E-state index is 0.527. The Balaban J connectivity index is 0.000000347. The van der Waals surface area contributed by atoms with E-state index in [0.29, 0.717) is 15.0 Å². The van der Waals surface area contributed by atoms with E-state index >= 15 is 0 Å². The van der Waals surface area contributed by atoms with Gasteiger partial charge in [-0.2, -0.15) is 0 Å². The Bertz CT molecular complexity index is 519. The molecule has 0 aliphatic carbocycles. The number of aryl methyl sites for hydroxylation is 2. The van der Waals surface area contributed by atoms with Gasteiger partial charge in [-0.1, -0.05) is 0 Å². The van der Waals surface area contributed by atoms with Crippen LogP contribution in [0.25, 0.3) is 0 Å². The summed E-state index contributed by atoms with van der Waals surface area (Å²) in [5.74, 6) is 0. The number of nitrogens with zero attached hydrogens (tertiary/aromatic N) is 2. The molecule has 0 aliphatic rings. The molecule has 0 bridgehead atoms. The van der Waals surface area contributed by atoms with Gasteiger partial charge >= 0.3 is 104 Å². The van der Waals surface area contributed by atoms with Crippen molar-refractivity contribution in [2.75, 3.05) is 0 Å². The zero-order valence-corrected chi connectivity index (χ0v) is 12.9. The first-order chi connectivity index (χ1) is 9.24. The Hall–Kier alpha value is -1.27.